The fourth-order valence-electron chi connectivity index (χ4n) is 3.45. The van der Waals surface area contributed by atoms with Crippen LogP contribution in [0.1, 0.15) is 22.3 Å². The highest BCUT2D eigenvalue weighted by Gasteiger charge is 2.44. The van der Waals surface area contributed by atoms with Crippen LogP contribution in [0.15, 0.2) is 84.6 Å². The summed E-state index contributed by atoms with van der Waals surface area (Å²) in [6.07, 6.45) is 2.09. The Morgan fingerprint density at radius 3 is 1.96 bits per heavy atom. The van der Waals surface area contributed by atoms with Gasteiger partial charge in [-0.25, -0.2) is 0 Å². The second-order valence-corrected chi connectivity index (χ2v) is 6.27. The van der Waals surface area contributed by atoms with E-state index in [1.54, 1.807) is 7.11 Å². The third-order valence-corrected chi connectivity index (χ3v) is 4.64. The van der Waals surface area contributed by atoms with Crippen LogP contribution < -0.4 is 4.74 Å². The molecule has 0 aliphatic carbocycles. The van der Waals surface area contributed by atoms with E-state index in [1.807, 2.05) is 42.5 Å². The lowest BCUT2D eigenvalue weighted by Crippen LogP contribution is -2.39. The van der Waals surface area contributed by atoms with Crippen LogP contribution in [0.2, 0.25) is 0 Å². The fourth-order valence-corrected chi connectivity index (χ4v) is 3.45. The third kappa shape index (κ3) is 2.51. The first-order chi connectivity index (χ1) is 12.2. The van der Waals surface area contributed by atoms with Gasteiger partial charge in [0.15, 0.2) is 0 Å². The third-order valence-electron chi connectivity index (χ3n) is 4.64. The van der Waals surface area contributed by atoms with Gasteiger partial charge in [0.1, 0.15) is 11.5 Å². The minimum atomic E-state index is -0.792. The molecule has 124 valence electrons. The van der Waals surface area contributed by atoms with Crippen molar-refractivity contribution in [2.45, 2.75) is 12.5 Å². The largest absolute Gasteiger partial charge is 0.496 e. The maximum Gasteiger partial charge on any atom is 0.215 e. The molecular formula is C23H20O2. The summed E-state index contributed by atoms with van der Waals surface area (Å²) >= 11 is 0. The van der Waals surface area contributed by atoms with E-state index in [2.05, 4.69) is 49.4 Å². The monoisotopic (exact) mass is 328 g/mol. The number of hydrogen-bond donors (Lipinski definition) is 0. The van der Waals surface area contributed by atoms with Gasteiger partial charge in [-0.3, -0.25) is 0 Å². The molecule has 0 atom stereocenters. The lowest BCUT2D eigenvalue weighted by molar-refractivity contribution is 0.0758. The molecule has 0 bridgehead atoms. The molecule has 1 aliphatic heterocycles. The molecule has 4 rings (SSSR count). The number of aryl methyl sites for hydroxylation is 1. The van der Waals surface area contributed by atoms with Crippen molar-refractivity contribution in [3.63, 3.8) is 0 Å². The van der Waals surface area contributed by atoms with Crippen LogP contribution in [0.4, 0.5) is 0 Å². The van der Waals surface area contributed by atoms with Gasteiger partial charge in [0, 0.05) is 16.7 Å². The fraction of sp³-hybridized carbons (Fsp3) is 0.130. The molecule has 0 saturated carbocycles. The number of rotatable bonds is 3. The van der Waals surface area contributed by atoms with Crippen LogP contribution in [0, 0.1) is 6.92 Å². The van der Waals surface area contributed by atoms with Crippen LogP contribution in [-0.4, -0.2) is 7.11 Å². The summed E-state index contributed by atoms with van der Waals surface area (Å²) in [5.74, 6) is 1.64. The van der Waals surface area contributed by atoms with Crippen molar-refractivity contribution in [2.24, 2.45) is 0 Å². The maximum absolute atomic E-state index is 6.66. The van der Waals surface area contributed by atoms with Crippen LogP contribution in [0.5, 0.6) is 5.75 Å². The first kappa shape index (κ1) is 15.5. The molecule has 0 N–H and O–H groups in total. The summed E-state index contributed by atoms with van der Waals surface area (Å²) in [4.78, 5) is 0. The van der Waals surface area contributed by atoms with E-state index in [0.717, 1.165) is 28.2 Å². The molecule has 0 saturated heterocycles. The molecule has 0 amide bonds. The number of fused-ring (bicyclic) bond motifs is 1. The van der Waals surface area contributed by atoms with E-state index < -0.39 is 5.60 Å². The highest BCUT2D eigenvalue weighted by molar-refractivity contribution is 5.67. The number of benzene rings is 3. The Morgan fingerprint density at radius 2 is 1.40 bits per heavy atom. The topological polar surface area (TPSA) is 18.5 Å². The minimum absolute atomic E-state index is 0.781. The van der Waals surface area contributed by atoms with Crippen molar-refractivity contribution >= 4 is 6.08 Å². The summed E-state index contributed by atoms with van der Waals surface area (Å²) in [5, 5.41) is 0. The van der Waals surface area contributed by atoms with Crippen molar-refractivity contribution in [1.82, 2.24) is 0 Å². The highest BCUT2D eigenvalue weighted by Crippen LogP contribution is 2.46. The Labute approximate surface area is 148 Å². The van der Waals surface area contributed by atoms with Gasteiger partial charge in [0.2, 0.25) is 5.60 Å². The van der Waals surface area contributed by atoms with Crippen LogP contribution in [0.3, 0.4) is 0 Å². The van der Waals surface area contributed by atoms with Gasteiger partial charge in [-0.15, -0.1) is 0 Å². The average Bonchev–Trinajstić information content (AvgIpc) is 2.68. The Bertz CT molecular complexity index is 872. The van der Waals surface area contributed by atoms with Crippen molar-refractivity contribution in [3.8, 4) is 5.75 Å². The second kappa shape index (κ2) is 6.14. The summed E-state index contributed by atoms with van der Waals surface area (Å²) in [6.45, 7) is 2.08. The van der Waals surface area contributed by atoms with E-state index in [4.69, 9.17) is 9.47 Å². The number of hydrogen-bond acceptors (Lipinski definition) is 2. The standard InChI is InChI=1S/C23H20O2/c1-17-13-14-21-18(15-17)16-22(24-2)23(25-21,19-9-5-3-6-10-19)20-11-7-4-8-12-20/h3-16H,1-2H3. The van der Waals surface area contributed by atoms with Crippen molar-refractivity contribution in [1.29, 1.82) is 0 Å². The molecule has 3 aromatic carbocycles. The van der Waals surface area contributed by atoms with E-state index in [9.17, 15) is 0 Å². The van der Waals surface area contributed by atoms with Crippen molar-refractivity contribution in [2.75, 3.05) is 7.11 Å². The SMILES string of the molecule is COC1=Cc2cc(C)ccc2OC1(c1ccccc1)c1ccccc1. The van der Waals surface area contributed by atoms with Gasteiger partial charge in [-0.2, -0.15) is 0 Å². The summed E-state index contributed by atoms with van der Waals surface area (Å²) < 4.78 is 12.5. The van der Waals surface area contributed by atoms with Crippen LogP contribution in [0.25, 0.3) is 6.08 Å². The van der Waals surface area contributed by atoms with Gasteiger partial charge >= 0.3 is 0 Å². The molecule has 0 radical (unpaired) electrons. The molecule has 1 aliphatic rings. The quantitative estimate of drug-likeness (QED) is 0.648. The molecule has 2 nitrogen and oxygen atoms in total. The minimum Gasteiger partial charge on any atom is -0.496 e. The predicted molar refractivity (Wildman–Crippen MR) is 100 cm³/mol. The van der Waals surface area contributed by atoms with E-state index >= 15 is 0 Å². The Morgan fingerprint density at radius 1 is 0.800 bits per heavy atom. The zero-order chi connectivity index (χ0) is 17.3. The Balaban J connectivity index is 2.01. The molecule has 0 fully saturated rings. The van der Waals surface area contributed by atoms with Gasteiger partial charge < -0.3 is 9.47 Å². The first-order valence-electron chi connectivity index (χ1n) is 8.41. The van der Waals surface area contributed by atoms with Gasteiger partial charge in [0.25, 0.3) is 0 Å². The van der Waals surface area contributed by atoms with Crippen molar-refractivity contribution in [3.05, 3.63) is 107 Å². The van der Waals surface area contributed by atoms with Gasteiger partial charge in [0.05, 0.1) is 7.11 Å². The Hall–Kier alpha value is -3.00. The molecule has 1 heterocycles. The van der Waals surface area contributed by atoms with Gasteiger partial charge in [-0.1, -0.05) is 72.3 Å². The highest BCUT2D eigenvalue weighted by atomic mass is 16.5. The lowest BCUT2D eigenvalue weighted by Gasteiger charge is -2.39. The predicted octanol–water partition coefficient (Wildman–Crippen LogP) is 5.32. The zero-order valence-corrected chi connectivity index (χ0v) is 14.4. The number of methoxy groups -OCH3 is 1. The molecule has 0 unspecified atom stereocenters. The summed E-state index contributed by atoms with van der Waals surface area (Å²) in [5.41, 5.74) is 3.53. The number of ether oxygens (including phenoxy) is 2. The zero-order valence-electron chi connectivity index (χ0n) is 14.4. The van der Waals surface area contributed by atoms with Crippen molar-refractivity contribution < 1.29 is 9.47 Å². The summed E-state index contributed by atoms with van der Waals surface area (Å²) in [6, 6.07) is 26.7. The first-order valence-corrected chi connectivity index (χ1v) is 8.41. The molecular weight excluding hydrogens is 308 g/mol. The molecule has 2 heteroatoms. The van der Waals surface area contributed by atoms with E-state index in [1.165, 1.54) is 5.56 Å². The Kier molecular flexibility index (Phi) is 3.81. The molecule has 0 aromatic heterocycles. The maximum atomic E-state index is 6.66. The smallest absolute Gasteiger partial charge is 0.215 e. The normalized spacial score (nSPS) is 14.9. The summed E-state index contributed by atoms with van der Waals surface area (Å²) in [7, 11) is 1.70. The van der Waals surface area contributed by atoms with Gasteiger partial charge in [-0.05, 0) is 25.1 Å². The van der Waals surface area contributed by atoms with Crippen LogP contribution >= 0.6 is 0 Å². The molecule has 0 spiro atoms. The second-order valence-electron chi connectivity index (χ2n) is 6.27. The van der Waals surface area contributed by atoms with Crippen LogP contribution in [-0.2, 0) is 10.3 Å². The molecule has 25 heavy (non-hydrogen) atoms. The van der Waals surface area contributed by atoms with E-state index in [0.29, 0.717) is 0 Å². The van der Waals surface area contributed by atoms with E-state index in [-0.39, 0.29) is 0 Å². The molecule has 3 aromatic rings. The average molecular weight is 328 g/mol. The lowest BCUT2D eigenvalue weighted by atomic mass is 9.82.